The van der Waals surface area contributed by atoms with Gasteiger partial charge in [-0.2, -0.15) is 0 Å². The van der Waals surface area contributed by atoms with Gasteiger partial charge in [0.05, 0.1) is 0 Å². The van der Waals surface area contributed by atoms with Crippen LogP contribution in [-0.4, -0.2) is 35.9 Å². The monoisotopic (exact) mass is 444 g/mol. The van der Waals surface area contributed by atoms with Crippen molar-refractivity contribution in [3.63, 3.8) is 0 Å². The Morgan fingerprint density at radius 1 is 0.818 bits per heavy atom. The number of benzene rings is 3. The van der Waals surface area contributed by atoms with E-state index >= 15 is 0 Å². The molecule has 0 unspecified atom stereocenters. The Balaban J connectivity index is 1.84. The number of hydrogen-bond acceptors (Lipinski definition) is 3. The summed E-state index contributed by atoms with van der Waals surface area (Å²) in [6, 6.07) is 26.6. The minimum atomic E-state index is -0.647. The highest BCUT2D eigenvalue weighted by atomic mass is 16.5. The number of amides is 2. The summed E-state index contributed by atoms with van der Waals surface area (Å²) < 4.78 is 5.80. The van der Waals surface area contributed by atoms with Crippen molar-refractivity contribution in [1.82, 2.24) is 10.2 Å². The molecular weight excluding hydrogens is 412 g/mol. The molecule has 0 heterocycles. The zero-order chi connectivity index (χ0) is 23.5. The SMILES string of the molecule is CCNC(=O)[C@@H](Cc1ccccc1)N(Cc1ccccc1)C(=O)COc1ccc(CC)cc1. The van der Waals surface area contributed by atoms with Gasteiger partial charge in [0.25, 0.3) is 5.91 Å². The number of hydrogen-bond donors (Lipinski definition) is 1. The maximum absolute atomic E-state index is 13.4. The van der Waals surface area contributed by atoms with Crippen LogP contribution in [-0.2, 0) is 29.0 Å². The van der Waals surface area contributed by atoms with Gasteiger partial charge in [-0.25, -0.2) is 0 Å². The minimum Gasteiger partial charge on any atom is -0.484 e. The van der Waals surface area contributed by atoms with E-state index in [2.05, 4.69) is 12.2 Å². The summed E-state index contributed by atoms with van der Waals surface area (Å²) in [6.07, 6.45) is 1.37. The third-order valence-corrected chi connectivity index (χ3v) is 5.51. The number of carbonyl (C=O) groups excluding carboxylic acids is 2. The van der Waals surface area contributed by atoms with E-state index in [0.717, 1.165) is 17.5 Å². The highest BCUT2D eigenvalue weighted by molar-refractivity contribution is 5.88. The number of aryl methyl sites for hydroxylation is 1. The van der Waals surface area contributed by atoms with Gasteiger partial charge in [-0.05, 0) is 42.2 Å². The van der Waals surface area contributed by atoms with E-state index in [1.807, 2.05) is 91.9 Å². The Morgan fingerprint density at radius 2 is 1.42 bits per heavy atom. The fourth-order valence-electron chi connectivity index (χ4n) is 3.68. The number of rotatable bonds is 11. The number of likely N-dealkylation sites (N-methyl/N-ethyl adjacent to an activating group) is 1. The Kier molecular flexibility index (Phi) is 9.07. The maximum atomic E-state index is 13.4. The summed E-state index contributed by atoms with van der Waals surface area (Å²) in [5, 5.41) is 2.90. The molecule has 0 bridgehead atoms. The average molecular weight is 445 g/mol. The first-order valence-corrected chi connectivity index (χ1v) is 11.5. The zero-order valence-electron chi connectivity index (χ0n) is 19.4. The molecule has 1 N–H and O–H groups in total. The summed E-state index contributed by atoms with van der Waals surface area (Å²) in [7, 11) is 0. The van der Waals surface area contributed by atoms with Crippen LogP contribution >= 0.6 is 0 Å². The molecule has 0 aromatic heterocycles. The average Bonchev–Trinajstić information content (AvgIpc) is 2.86. The quantitative estimate of drug-likeness (QED) is 0.477. The van der Waals surface area contributed by atoms with Crippen molar-refractivity contribution in [3.05, 3.63) is 102 Å². The van der Waals surface area contributed by atoms with Crippen molar-refractivity contribution in [2.75, 3.05) is 13.2 Å². The molecule has 33 heavy (non-hydrogen) atoms. The smallest absolute Gasteiger partial charge is 0.261 e. The topological polar surface area (TPSA) is 58.6 Å². The standard InChI is InChI=1S/C28H32N2O3/c1-3-22-15-17-25(18-16-22)33-21-27(31)30(20-24-13-9-6-10-14-24)26(28(32)29-4-2)19-23-11-7-5-8-12-23/h5-18,26H,3-4,19-21H2,1-2H3,(H,29,32)/t26-/m1/s1. The van der Waals surface area contributed by atoms with Crippen molar-refractivity contribution >= 4 is 11.8 Å². The van der Waals surface area contributed by atoms with Gasteiger partial charge < -0.3 is 15.0 Å². The molecule has 0 radical (unpaired) electrons. The molecule has 172 valence electrons. The molecule has 0 aliphatic carbocycles. The van der Waals surface area contributed by atoms with Crippen molar-refractivity contribution < 1.29 is 14.3 Å². The largest absolute Gasteiger partial charge is 0.484 e. The second-order valence-corrected chi connectivity index (χ2v) is 7.89. The van der Waals surface area contributed by atoms with Gasteiger partial charge in [0.1, 0.15) is 11.8 Å². The van der Waals surface area contributed by atoms with Crippen molar-refractivity contribution in [2.45, 2.75) is 39.3 Å². The van der Waals surface area contributed by atoms with E-state index in [-0.39, 0.29) is 18.4 Å². The molecule has 5 nitrogen and oxygen atoms in total. The second-order valence-electron chi connectivity index (χ2n) is 7.89. The van der Waals surface area contributed by atoms with Gasteiger partial charge in [-0.3, -0.25) is 9.59 Å². The fraction of sp³-hybridized carbons (Fsp3) is 0.286. The Bertz CT molecular complexity index is 1000. The van der Waals surface area contributed by atoms with E-state index in [1.54, 1.807) is 4.90 Å². The van der Waals surface area contributed by atoms with Crippen LogP contribution in [0.4, 0.5) is 0 Å². The van der Waals surface area contributed by atoms with Crippen LogP contribution in [0.3, 0.4) is 0 Å². The minimum absolute atomic E-state index is 0.136. The van der Waals surface area contributed by atoms with Crippen LogP contribution in [0.15, 0.2) is 84.9 Å². The lowest BCUT2D eigenvalue weighted by atomic mass is 10.0. The molecule has 3 aromatic carbocycles. The van der Waals surface area contributed by atoms with Crippen molar-refractivity contribution in [1.29, 1.82) is 0 Å². The molecule has 0 spiro atoms. The summed E-state index contributed by atoms with van der Waals surface area (Å²) >= 11 is 0. The first kappa shape index (κ1) is 24.1. The first-order valence-electron chi connectivity index (χ1n) is 11.5. The highest BCUT2D eigenvalue weighted by Gasteiger charge is 2.30. The number of nitrogens with zero attached hydrogens (tertiary/aromatic N) is 1. The summed E-state index contributed by atoms with van der Waals surface area (Å²) in [5.74, 6) is 0.237. The molecule has 3 rings (SSSR count). The van der Waals surface area contributed by atoms with Crippen LogP contribution in [0.1, 0.15) is 30.5 Å². The molecule has 0 saturated heterocycles. The third-order valence-electron chi connectivity index (χ3n) is 5.51. The van der Waals surface area contributed by atoms with Gasteiger partial charge in [0, 0.05) is 19.5 Å². The predicted molar refractivity (Wildman–Crippen MR) is 131 cm³/mol. The van der Waals surface area contributed by atoms with Crippen LogP contribution < -0.4 is 10.1 Å². The molecule has 0 saturated carbocycles. The number of ether oxygens (including phenoxy) is 1. The molecule has 1 atom stereocenters. The molecule has 5 heteroatoms. The predicted octanol–water partition coefficient (Wildman–Crippen LogP) is 4.40. The molecular formula is C28H32N2O3. The van der Waals surface area contributed by atoms with Crippen LogP contribution in [0.5, 0.6) is 5.75 Å². The van der Waals surface area contributed by atoms with Gasteiger partial charge in [-0.1, -0.05) is 79.7 Å². The van der Waals surface area contributed by atoms with E-state index in [0.29, 0.717) is 25.3 Å². The fourth-order valence-corrected chi connectivity index (χ4v) is 3.68. The third kappa shape index (κ3) is 7.21. The molecule has 0 aliphatic heterocycles. The zero-order valence-corrected chi connectivity index (χ0v) is 19.4. The van der Waals surface area contributed by atoms with E-state index in [4.69, 9.17) is 4.74 Å². The first-order chi connectivity index (χ1) is 16.1. The van der Waals surface area contributed by atoms with Gasteiger partial charge >= 0.3 is 0 Å². The lowest BCUT2D eigenvalue weighted by Crippen LogP contribution is -2.51. The number of carbonyl (C=O) groups is 2. The van der Waals surface area contributed by atoms with E-state index < -0.39 is 6.04 Å². The Morgan fingerprint density at radius 3 is 2.00 bits per heavy atom. The van der Waals surface area contributed by atoms with E-state index in [9.17, 15) is 9.59 Å². The van der Waals surface area contributed by atoms with E-state index in [1.165, 1.54) is 5.56 Å². The van der Waals surface area contributed by atoms with Crippen molar-refractivity contribution in [2.24, 2.45) is 0 Å². The Labute approximate surface area is 196 Å². The lowest BCUT2D eigenvalue weighted by molar-refractivity contribution is -0.142. The lowest BCUT2D eigenvalue weighted by Gasteiger charge is -2.31. The normalized spacial score (nSPS) is 11.5. The van der Waals surface area contributed by atoms with Crippen molar-refractivity contribution in [3.8, 4) is 5.75 Å². The second kappa shape index (κ2) is 12.4. The van der Waals surface area contributed by atoms with Crippen LogP contribution in [0.2, 0.25) is 0 Å². The summed E-state index contributed by atoms with van der Waals surface area (Å²) in [4.78, 5) is 28.1. The molecule has 0 aliphatic rings. The maximum Gasteiger partial charge on any atom is 0.261 e. The molecule has 2 amide bonds. The van der Waals surface area contributed by atoms with Crippen LogP contribution in [0.25, 0.3) is 0 Å². The van der Waals surface area contributed by atoms with Gasteiger partial charge in [0.15, 0.2) is 6.61 Å². The van der Waals surface area contributed by atoms with Gasteiger partial charge in [-0.15, -0.1) is 0 Å². The summed E-state index contributed by atoms with van der Waals surface area (Å²) in [5.41, 5.74) is 3.16. The number of nitrogens with one attached hydrogen (secondary N) is 1. The summed E-state index contributed by atoms with van der Waals surface area (Å²) in [6.45, 7) is 4.66. The highest BCUT2D eigenvalue weighted by Crippen LogP contribution is 2.17. The molecule has 3 aromatic rings. The molecule has 0 fully saturated rings. The Hall–Kier alpha value is -3.60. The van der Waals surface area contributed by atoms with Crippen LogP contribution in [0, 0.1) is 0 Å². The van der Waals surface area contributed by atoms with Gasteiger partial charge in [0.2, 0.25) is 5.91 Å².